The summed E-state index contributed by atoms with van der Waals surface area (Å²) in [4.78, 5) is 26.3. The zero-order chi connectivity index (χ0) is 17.8. The number of halogens is 1. The lowest BCUT2D eigenvalue weighted by molar-refractivity contribution is -0.113. The number of H-pyrrole nitrogens is 1. The zero-order valence-electron chi connectivity index (χ0n) is 12.9. The van der Waals surface area contributed by atoms with Crippen LogP contribution in [0.3, 0.4) is 0 Å². The van der Waals surface area contributed by atoms with E-state index >= 15 is 0 Å². The van der Waals surface area contributed by atoms with Gasteiger partial charge in [-0.15, -0.1) is 0 Å². The van der Waals surface area contributed by atoms with E-state index < -0.39 is 11.7 Å². The Morgan fingerprint density at radius 2 is 2.24 bits per heavy atom. The molecule has 0 spiro atoms. The highest BCUT2D eigenvalue weighted by atomic mass is 19.1. The zero-order valence-corrected chi connectivity index (χ0v) is 12.9. The third-order valence-corrected chi connectivity index (χ3v) is 3.27. The van der Waals surface area contributed by atoms with Crippen molar-refractivity contribution in [1.82, 2.24) is 19.9 Å². The summed E-state index contributed by atoms with van der Waals surface area (Å²) in [5.74, 6) is -1.45. The number of aliphatic hydroxyl groups is 1. The van der Waals surface area contributed by atoms with E-state index in [0.29, 0.717) is 28.0 Å². The molecule has 25 heavy (non-hydrogen) atoms. The highest BCUT2D eigenvalue weighted by molar-refractivity contribution is 5.93. The minimum Gasteiger partial charge on any atom is -0.473 e. The Kier molecular flexibility index (Phi) is 4.66. The van der Waals surface area contributed by atoms with Gasteiger partial charge in [-0.25, -0.2) is 19.3 Å². The average Bonchev–Trinajstić information content (AvgIpc) is 3.01. The van der Waals surface area contributed by atoms with Crippen molar-refractivity contribution in [1.29, 1.82) is 0 Å². The summed E-state index contributed by atoms with van der Waals surface area (Å²) in [6, 6.07) is 1.22. The maximum absolute atomic E-state index is 14.0. The van der Waals surface area contributed by atoms with E-state index in [0.717, 1.165) is 0 Å². The molecular formula is C16H14FN5O3. The number of aliphatic hydroxyl groups excluding tert-OH is 1. The van der Waals surface area contributed by atoms with Crippen LogP contribution in [0.2, 0.25) is 0 Å². The molecule has 0 aliphatic heterocycles. The Balaban J connectivity index is 1.97. The van der Waals surface area contributed by atoms with Crippen LogP contribution in [0, 0.1) is 5.82 Å². The fourth-order valence-corrected chi connectivity index (χ4v) is 2.16. The first-order valence-electron chi connectivity index (χ1n) is 7.29. The molecule has 128 valence electrons. The van der Waals surface area contributed by atoms with Crippen LogP contribution in [-0.4, -0.2) is 44.2 Å². The van der Waals surface area contributed by atoms with E-state index in [9.17, 15) is 9.18 Å². The number of nitrogens with zero attached hydrogens (tertiary/aromatic N) is 3. The monoisotopic (exact) mass is 343 g/mol. The summed E-state index contributed by atoms with van der Waals surface area (Å²) < 4.78 is 19.0. The molecule has 9 heteroatoms. The van der Waals surface area contributed by atoms with Gasteiger partial charge in [0.05, 0.1) is 18.5 Å². The van der Waals surface area contributed by atoms with Crippen LogP contribution in [0.15, 0.2) is 30.7 Å². The maximum Gasteiger partial charge on any atom is 0.250 e. The van der Waals surface area contributed by atoms with Gasteiger partial charge in [-0.1, -0.05) is 0 Å². The highest BCUT2D eigenvalue weighted by Crippen LogP contribution is 2.24. The molecule has 0 aliphatic rings. The molecule has 0 saturated carbocycles. The number of pyridine rings is 1. The van der Waals surface area contributed by atoms with Gasteiger partial charge in [0.2, 0.25) is 11.8 Å². The molecule has 3 heterocycles. The molecule has 1 amide bonds. The third kappa shape index (κ3) is 3.61. The molecule has 0 saturated heterocycles. The molecule has 0 aromatic carbocycles. The largest absolute Gasteiger partial charge is 0.473 e. The van der Waals surface area contributed by atoms with Crippen LogP contribution in [-0.2, 0) is 4.79 Å². The maximum atomic E-state index is 14.0. The van der Waals surface area contributed by atoms with Crippen molar-refractivity contribution in [2.45, 2.75) is 0 Å². The lowest BCUT2D eigenvalue weighted by atomic mass is 10.2. The number of hydrogen-bond donors (Lipinski definition) is 3. The minimum absolute atomic E-state index is 0.0477. The Morgan fingerprint density at radius 3 is 2.96 bits per heavy atom. The van der Waals surface area contributed by atoms with Gasteiger partial charge in [0.25, 0.3) is 0 Å². The number of aromatic nitrogens is 4. The van der Waals surface area contributed by atoms with Crippen molar-refractivity contribution in [2.75, 3.05) is 13.2 Å². The normalized spacial score (nSPS) is 11.3. The van der Waals surface area contributed by atoms with Gasteiger partial charge >= 0.3 is 0 Å². The van der Waals surface area contributed by atoms with Crippen molar-refractivity contribution in [3.8, 4) is 17.1 Å². The topological polar surface area (TPSA) is 127 Å². The number of carbonyl (C=O) groups is 1. The van der Waals surface area contributed by atoms with Gasteiger partial charge in [0.15, 0.2) is 11.5 Å². The van der Waals surface area contributed by atoms with Gasteiger partial charge in [0.1, 0.15) is 12.1 Å². The molecule has 4 N–H and O–H groups in total. The number of ether oxygens (including phenoxy) is 1. The van der Waals surface area contributed by atoms with Crippen LogP contribution >= 0.6 is 0 Å². The van der Waals surface area contributed by atoms with E-state index in [2.05, 4.69) is 19.9 Å². The fraction of sp³-hybridized carbons (Fsp3) is 0.125. The molecule has 3 aromatic heterocycles. The summed E-state index contributed by atoms with van der Waals surface area (Å²) >= 11 is 0. The Morgan fingerprint density at radius 1 is 1.40 bits per heavy atom. The van der Waals surface area contributed by atoms with E-state index in [-0.39, 0.29) is 19.1 Å². The second-order valence-corrected chi connectivity index (χ2v) is 5.02. The molecule has 3 rings (SSSR count). The van der Waals surface area contributed by atoms with E-state index in [1.807, 2.05) is 0 Å². The van der Waals surface area contributed by atoms with Crippen molar-refractivity contribution in [2.24, 2.45) is 5.73 Å². The van der Waals surface area contributed by atoms with Gasteiger partial charge < -0.3 is 20.6 Å². The number of aromatic amines is 1. The predicted molar refractivity (Wildman–Crippen MR) is 87.9 cm³/mol. The molecule has 0 aliphatic carbocycles. The van der Waals surface area contributed by atoms with Crippen molar-refractivity contribution in [3.63, 3.8) is 0 Å². The second kappa shape index (κ2) is 7.05. The number of nitrogens with one attached hydrogen (secondary N) is 1. The summed E-state index contributed by atoms with van der Waals surface area (Å²) in [6.45, 7) is -0.284. The van der Waals surface area contributed by atoms with Crippen molar-refractivity contribution < 1.29 is 19.0 Å². The summed E-state index contributed by atoms with van der Waals surface area (Å²) in [7, 11) is 0. The molecule has 8 nitrogen and oxygen atoms in total. The third-order valence-electron chi connectivity index (χ3n) is 3.27. The van der Waals surface area contributed by atoms with Crippen LogP contribution < -0.4 is 10.5 Å². The van der Waals surface area contributed by atoms with Crippen molar-refractivity contribution >= 4 is 23.1 Å². The first kappa shape index (κ1) is 16.5. The molecule has 0 atom stereocenters. The molecular weight excluding hydrogens is 329 g/mol. The number of amides is 1. The fourth-order valence-electron chi connectivity index (χ4n) is 2.16. The molecule has 0 radical (unpaired) electrons. The molecule has 0 fully saturated rings. The smallest absolute Gasteiger partial charge is 0.250 e. The lowest BCUT2D eigenvalue weighted by Gasteiger charge is -2.06. The van der Waals surface area contributed by atoms with Crippen LogP contribution in [0.25, 0.3) is 28.5 Å². The minimum atomic E-state index is -0.671. The van der Waals surface area contributed by atoms with Crippen LogP contribution in [0.5, 0.6) is 5.88 Å². The number of fused-ring (bicyclic) bond motifs is 1. The van der Waals surface area contributed by atoms with Crippen LogP contribution in [0.4, 0.5) is 4.39 Å². The first-order valence-corrected chi connectivity index (χ1v) is 7.29. The van der Waals surface area contributed by atoms with Gasteiger partial charge in [-0.3, -0.25) is 4.79 Å². The lowest BCUT2D eigenvalue weighted by Crippen LogP contribution is -2.05. The van der Waals surface area contributed by atoms with E-state index in [4.69, 9.17) is 15.6 Å². The van der Waals surface area contributed by atoms with Gasteiger partial charge in [-0.05, 0) is 12.1 Å². The van der Waals surface area contributed by atoms with Gasteiger partial charge in [-0.2, -0.15) is 0 Å². The molecule has 0 unspecified atom stereocenters. The van der Waals surface area contributed by atoms with Crippen LogP contribution in [0.1, 0.15) is 5.56 Å². The average molecular weight is 343 g/mol. The van der Waals surface area contributed by atoms with E-state index in [1.54, 1.807) is 6.20 Å². The summed E-state index contributed by atoms with van der Waals surface area (Å²) in [5.41, 5.74) is 7.56. The van der Waals surface area contributed by atoms with Crippen molar-refractivity contribution in [3.05, 3.63) is 42.1 Å². The molecule has 3 aromatic rings. The Bertz CT molecular complexity index is 954. The molecule has 0 bridgehead atoms. The number of nitrogens with two attached hydrogens (primary N) is 1. The second-order valence-electron chi connectivity index (χ2n) is 5.02. The van der Waals surface area contributed by atoms with Gasteiger partial charge in [0, 0.05) is 29.6 Å². The summed E-state index contributed by atoms with van der Waals surface area (Å²) in [5, 5.41) is 8.70. The SMILES string of the molecule is NC(=O)/C=C/c1c[nH]c2ncc(-c3cnc(OCCO)c(F)c3)nc12. The quantitative estimate of drug-likeness (QED) is 0.574. The summed E-state index contributed by atoms with van der Waals surface area (Å²) in [6.07, 6.45) is 7.25. The Hall–Kier alpha value is -3.33. The van der Waals surface area contributed by atoms with E-state index in [1.165, 1.54) is 30.6 Å². The number of hydrogen-bond acceptors (Lipinski definition) is 6. The standard InChI is InChI=1S/C16H14FN5O3/c17-11-5-10(7-21-16(11)25-4-3-23)12-8-20-15-14(22-12)9(6-19-15)1-2-13(18)24/h1-2,5-8,23H,3-4H2,(H2,18,24)(H,19,20)/b2-1+. The highest BCUT2D eigenvalue weighted by Gasteiger charge is 2.11. The first-order chi connectivity index (χ1) is 12.1. The number of primary amides is 1. The predicted octanol–water partition coefficient (Wildman–Crippen LogP) is 1.03. The number of carbonyl (C=O) groups excluding carboxylic acids is 1. The number of rotatable bonds is 6. The Labute approximate surface area is 141 Å².